The van der Waals surface area contributed by atoms with Gasteiger partial charge in [-0.15, -0.1) is 0 Å². The van der Waals surface area contributed by atoms with Gasteiger partial charge >= 0.3 is 0 Å². The maximum Gasteiger partial charge on any atom is 0.132 e. The van der Waals surface area contributed by atoms with E-state index in [4.69, 9.17) is 19.0 Å². The van der Waals surface area contributed by atoms with Crippen LogP contribution in [0.2, 0.25) is 0 Å². The molecule has 0 fully saturated rings. The normalized spacial score (nSPS) is 10.4. The molecule has 17 heavy (non-hydrogen) atoms. The quantitative estimate of drug-likeness (QED) is 0.733. The van der Waals surface area contributed by atoms with Crippen molar-refractivity contribution in [1.29, 1.82) is 0 Å². The van der Waals surface area contributed by atoms with Gasteiger partial charge in [-0.3, -0.25) is 0 Å². The van der Waals surface area contributed by atoms with E-state index < -0.39 is 0 Å². The molecule has 1 N–H and O–H groups in total. The van der Waals surface area contributed by atoms with E-state index in [2.05, 4.69) is 5.48 Å². The van der Waals surface area contributed by atoms with Crippen LogP contribution >= 0.6 is 0 Å². The van der Waals surface area contributed by atoms with Crippen molar-refractivity contribution in [1.82, 2.24) is 5.48 Å². The molecule has 0 saturated heterocycles. The number of benzene rings is 1. The Morgan fingerprint density at radius 1 is 1.06 bits per heavy atom. The van der Waals surface area contributed by atoms with Gasteiger partial charge in [0.1, 0.15) is 11.5 Å². The molecule has 0 atom stereocenters. The molecule has 0 aliphatic heterocycles. The molecule has 0 bridgehead atoms. The average molecular weight is 241 g/mol. The summed E-state index contributed by atoms with van der Waals surface area (Å²) in [5.41, 5.74) is 4.67. The zero-order valence-corrected chi connectivity index (χ0v) is 10.7. The highest BCUT2D eigenvalue weighted by molar-refractivity contribution is 5.49. The predicted octanol–water partition coefficient (Wildman–Crippen LogP) is 1.50. The Morgan fingerprint density at radius 2 is 1.82 bits per heavy atom. The maximum atomic E-state index is 5.41. The van der Waals surface area contributed by atoms with Crippen LogP contribution in [0.3, 0.4) is 0 Å². The third kappa shape index (κ3) is 3.33. The number of methoxy groups -OCH3 is 3. The van der Waals surface area contributed by atoms with Crippen LogP contribution in [0, 0.1) is 0 Å². The topological polar surface area (TPSA) is 49.0 Å². The lowest BCUT2D eigenvalue weighted by molar-refractivity contribution is 0.0859. The molecule has 0 heterocycles. The molecular weight excluding hydrogens is 222 g/mol. The maximum absolute atomic E-state index is 5.41. The van der Waals surface area contributed by atoms with E-state index in [1.807, 2.05) is 12.1 Å². The summed E-state index contributed by atoms with van der Waals surface area (Å²) >= 11 is 0. The minimum absolute atomic E-state index is 0.438. The Labute approximate surface area is 102 Å². The van der Waals surface area contributed by atoms with Crippen LogP contribution in [0.15, 0.2) is 12.1 Å². The van der Waals surface area contributed by atoms with E-state index >= 15 is 0 Å². The molecule has 0 radical (unpaired) electrons. The van der Waals surface area contributed by atoms with Gasteiger partial charge in [-0.2, -0.15) is 5.48 Å². The first kappa shape index (κ1) is 13.8. The van der Waals surface area contributed by atoms with Gasteiger partial charge in [-0.25, -0.2) is 0 Å². The second-order valence-electron chi connectivity index (χ2n) is 3.40. The zero-order chi connectivity index (χ0) is 12.7. The van der Waals surface area contributed by atoms with Crippen molar-refractivity contribution in [2.45, 2.75) is 13.2 Å². The third-order valence-electron chi connectivity index (χ3n) is 2.42. The number of hydroxylamine groups is 1. The molecule has 1 aromatic rings. The smallest absolute Gasteiger partial charge is 0.132 e. The average Bonchev–Trinajstić information content (AvgIpc) is 2.36. The highest BCUT2D eigenvalue weighted by Gasteiger charge is 2.14. The molecule has 1 rings (SSSR count). The van der Waals surface area contributed by atoms with Crippen molar-refractivity contribution in [2.24, 2.45) is 0 Å². The lowest BCUT2D eigenvalue weighted by Gasteiger charge is -2.16. The summed E-state index contributed by atoms with van der Waals surface area (Å²) in [5, 5.41) is 0. The molecule has 0 saturated carbocycles. The van der Waals surface area contributed by atoms with Crippen molar-refractivity contribution in [3.05, 3.63) is 23.3 Å². The van der Waals surface area contributed by atoms with Crippen molar-refractivity contribution >= 4 is 0 Å². The van der Waals surface area contributed by atoms with E-state index in [1.165, 1.54) is 0 Å². The summed E-state index contributed by atoms with van der Waals surface area (Å²) < 4.78 is 15.9. The lowest BCUT2D eigenvalue weighted by atomic mass is 10.1. The highest BCUT2D eigenvalue weighted by Crippen LogP contribution is 2.32. The van der Waals surface area contributed by atoms with Crippen LogP contribution in [0.25, 0.3) is 0 Å². The monoisotopic (exact) mass is 241 g/mol. The number of hydrogen-bond acceptors (Lipinski definition) is 5. The summed E-state index contributed by atoms with van der Waals surface area (Å²) in [7, 11) is 6.47. The van der Waals surface area contributed by atoms with Gasteiger partial charge in [0.05, 0.1) is 33.5 Å². The predicted molar refractivity (Wildman–Crippen MR) is 64.1 cm³/mol. The van der Waals surface area contributed by atoms with Gasteiger partial charge in [0, 0.05) is 19.2 Å². The van der Waals surface area contributed by atoms with Crippen LogP contribution in [-0.4, -0.2) is 28.4 Å². The number of nitrogens with one attached hydrogen (secondary N) is 1. The van der Waals surface area contributed by atoms with Crippen molar-refractivity contribution in [3.63, 3.8) is 0 Å². The largest absolute Gasteiger partial charge is 0.496 e. The molecule has 0 aliphatic carbocycles. The summed E-state index contributed by atoms with van der Waals surface area (Å²) in [6, 6.07) is 3.83. The molecule has 0 amide bonds. The second-order valence-corrected chi connectivity index (χ2v) is 3.40. The Kier molecular flexibility index (Phi) is 5.76. The van der Waals surface area contributed by atoms with E-state index in [0.717, 1.165) is 22.6 Å². The Bertz CT molecular complexity index is 355. The first-order valence-corrected chi connectivity index (χ1v) is 5.26. The minimum atomic E-state index is 0.438. The van der Waals surface area contributed by atoms with E-state index in [9.17, 15) is 0 Å². The van der Waals surface area contributed by atoms with Gasteiger partial charge in [0.2, 0.25) is 0 Å². The van der Waals surface area contributed by atoms with Crippen molar-refractivity contribution in [2.75, 3.05) is 28.4 Å². The molecule has 0 aromatic heterocycles. The van der Waals surface area contributed by atoms with Gasteiger partial charge in [-0.1, -0.05) is 6.07 Å². The minimum Gasteiger partial charge on any atom is -0.496 e. The summed E-state index contributed by atoms with van der Waals surface area (Å²) in [6.07, 6.45) is 0. The molecule has 0 aliphatic rings. The van der Waals surface area contributed by atoms with Gasteiger partial charge in [0.15, 0.2) is 0 Å². The molecule has 0 spiro atoms. The number of hydrogen-bond donors (Lipinski definition) is 1. The third-order valence-corrected chi connectivity index (χ3v) is 2.42. The van der Waals surface area contributed by atoms with Crippen LogP contribution < -0.4 is 15.0 Å². The lowest BCUT2D eigenvalue weighted by Crippen LogP contribution is -2.12. The summed E-state index contributed by atoms with van der Waals surface area (Å²) in [5.74, 6) is 1.51. The van der Waals surface area contributed by atoms with Crippen molar-refractivity contribution < 1.29 is 19.0 Å². The fourth-order valence-corrected chi connectivity index (χ4v) is 1.67. The Hall–Kier alpha value is -1.30. The van der Waals surface area contributed by atoms with E-state index in [-0.39, 0.29) is 0 Å². The second kappa shape index (κ2) is 7.11. The van der Waals surface area contributed by atoms with Gasteiger partial charge in [0.25, 0.3) is 0 Å². The zero-order valence-electron chi connectivity index (χ0n) is 10.7. The summed E-state index contributed by atoms with van der Waals surface area (Å²) in [4.78, 5) is 4.83. The molecule has 5 nitrogen and oxygen atoms in total. The standard InChI is InChI=1S/C12H19NO4/c1-14-8-10-11(15-2)6-5-9(7-13-17-4)12(10)16-3/h5-6,13H,7-8H2,1-4H3. The summed E-state index contributed by atoms with van der Waals surface area (Å²) in [6.45, 7) is 0.994. The molecule has 1 aromatic carbocycles. The highest BCUT2D eigenvalue weighted by atomic mass is 16.6. The molecular formula is C12H19NO4. The molecule has 96 valence electrons. The molecule has 5 heteroatoms. The molecule has 0 unspecified atom stereocenters. The number of rotatable bonds is 7. The number of ether oxygens (including phenoxy) is 3. The SMILES string of the molecule is COCc1c(OC)ccc(CNOC)c1OC. The van der Waals surface area contributed by atoms with Crippen LogP contribution in [0.1, 0.15) is 11.1 Å². The first-order valence-electron chi connectivity index (χ1n) is 5.26. The van der Waals surface area contributed by atoms with Gasteiger partial charge < -0.3 is 19.0 Å². The Balaban J connectivity index is 3.10. The first-order chi connectivity index (χ1) is 8.28. The van der Waals surface area contributed by atoms with Crippen molar-refractivity contribution in [3.8, 4) is 11.5 Å². The van der Waals surface area contributed by atoms with Gasteiger partial charge in [-0.05, 0) is 6.07 Å². The van der Waals surface area contributed by atoms with Crippen LogP contribution in [0.4, 0.5) is 0 Å². The fraction of sp³-hybridized carbons (Fsp3) is 0.500. The van der Waals surface area contributed by atoms with Crippen LogP contribution in [-0.2, 0) is 22.7 Å². The van der Waals surface area contributed by atoms with E-state index in [1.54, 1.807) is 28.4 Å². The fourth-order valence-electron chi connectivity index (χ4n) is 1.67. The van der Waals surface area contributed by atoms with E-state index in [0.29, 0.717) is 13.2 Å². The van der Waals surface area contributed by atoms with Crippen LogP contribution in [0.5, 0.6) is 11.5 Å². The Morgan fingerprint density at radius 3 is 2.35 bits per heavy atom.